The molecule has 0 fully saturated rings. The third kappa shape index (κ3) is 8.40. The van der Waals surface area contributed by atoms with Crippen LogP contribution in [0.2, 0.25) is 0 Å². The first kappa shape index (κ1) is 18.6. The fraction of sp³-hybridized carbons (Fsp3) is 0.750. The summed E-state index contributed by atoms with van der Waals surface area (Å²) in [7, 11) is 0. The average molecular weight is 265 g/mol. The van der Waals surface area contributed by atoms with Gasteiger partial charge >= 0.3 is 69.4 Å². The van der Waals surface area contributed by atoms with Crippen LogP contribution in [0.15, 0.2) is 0 Å². The SMILES string of the molecule is CC(C)(C)OC(=O)NCC(F)(F)C(=O)O.[KH]. The van der Waals surface area contributed by atoms with Gasteiger partial charge in [0.15, 0.2) is 0 Å². The summed E-state index contributed by atoms with van der Waals surface area (Å²) in [6.45, 7) is 3.38. The van der Waals surface area contributed by atoms with Crippen LogP contribution in [0.4, 0.5) is 13.6 Å². The molecule has 1 amide bonds. The van der Waals surface area contributed by atoms with Crippen molar-refractivity contribution in [2.45, 2.75) is 32.3 Å². The molecule has 8 heteroatoms. The van der Waals surface area contributed by atoms with E-state index in [1.165, 1.54) is 0 Å². The molecule has 5 nitrogen and oxygen atoms in total. The summed E-state index contributed by atoms with van der Waals surface area (Å²) in [5, 5.41) is 9.71. The van der Waals surface area contributed by atoms with E-state index in [0.717, 1.165) is 0 Å². The van der Waals surface area contributed by atoms with E-state index in [1.54, 1.807) is 26.1 Å². The average Bonchev–Trinajstić information content (AvgIpc) is 1.97. The number of aliphatic carboxylic acids is 1. The first-order valence-electron chi connectivity index (χ1n) is 4.13. The summed E-state index contributed by atoms with van der Waals surface area (Å²) in [6.07, 6.45) is -1.08. The minimum absolute atomic E-state index is 0. The van der Waals surface area contributed by atoms with E-state index in [0.29, 0.717) is 0 Å². The quantitative estimate of drug-likeness (QED) is 0.732. The van der Waals surface area contributed by atoms with Crippen molar-refractivity contribution in [3.63, 3.8) is 0 Å². The van der Waals surface area contributed by atoms with Gasteiger partial charge in [0.2, 0.25) is 0 Å². The fourth-order valence-corrected chi connectivity index (χ4v) is 0.573. The van der Waals surface area contributed by atoms with Crippen molar-refractivity contribution in [2.24, 2.45) is 0 Å². The number of carbonyl (C=O) groups is 2. The van der Waals surface area contributed by atoms with Gasteiger partial charge in [0, 0.05) is 0 Å². The van der Waals surface area contributed by atoms with Gasteiger partial charge in [-0.15, -0.1) is 0 Å². The van der Waals surface area contributed by atoms with Crippen molar-refractivity contribution in [1.82, 2.24) is 5.32 Å². The normalized spacial score (nSPS) is 11.3. The van der Waals surface area contributed by atoms with Crippen LogP contribution in [0.1, 0.15) is 20.8 Å². The number of carbonyl (C=O) groups excluding carboxylic acids is 1. The fourth-order valence-electron chi connectivity index (χ4n) is 0.573. The van der Waals surface area contributed by atoms with Gasteiger partial charge in [-0.25, -0.2) is 9.59 Å². The Morgan fingerprint density at radius 2 is 1.75 bits per heavy atom. The molecule has 0 rings (SSSR count). The Bertz CT molecular complexity index is 265. The molecule has 90 valence electrons. The molecule has 0 aliphatic rings. The molecule has 0 unspecified atom stereocenters. The maximum absolute atomic E-state index is 12.5. The van der Waals surface area contributed by atoms with Crippen molar-refractivity contribution in [3.8, 4) is 0 Å². The zero-order valence-corrected chi connectivity index (χ0v) is 8.63. The number of halogens is 2. The summed E-state index contributed by atoms with van der Waals surface area (Å²) in [4.78, 5) is 20.8. The summed E-state index contributed by atoms with van der Waals surface area (Å²) in [5.74, 6) is -6.28. The zero-order valence-electron chi connectivity index (χ0n) is 8.63. The van der Waals surface area contributed by atoms with Gasteiger partial charge < -0.3 is 15.2 Å². The Kier molecular flexibility index (Phi) is 7.96. The molecule has 0 bridgehead atoms. The van der Waals surface area contributed by atoms with Gasteiger partial charge in [-0.3, -0.25) is 0 Å². The first-order chi connectivity index (χ1) is 6.54. The van der Waals surface area contributed by atoms with Crippen LogP contribution >= 0.6 is 0 Å². The van der Waals surface area contributed by atoms with Crippen molar-refractivity contribution in [2.75, 3.05) is 6.54 Å². The molecule has 2 N–H and O–H groups in total. The van der Waals surface area contributed by atoms with E-state index in [9.17, 15) is 18.4 Å². The molecule has 0 aromatic heterocycles. The Morgan fingerprint density at radius 1 is 1.31 bits per heavy atom. The second-order valence-corrected chi connectivity index (χ2v) is 3.87. The molecule has 0 heterocycles. The van der Waals surface area contributed by atoms with Gasteiger partial charge in [0.05, 0.1) is 6.54 Å². The van der Waals surface area contributed by atoms with Crippen LogP contribution in [0.3, 0.4) is 0 Å². The summed E-state index contributed by atoms with van der Waals surface area (Å²) < 4.78 is 29.6. The van der Waals surface area contributed by atoms with Crippen LogP contribution in [-0.2, 0) is 9.53 Å². The third-order valence-electron chi connectivity index (χ3n) is 1.17. The predicted molar refractivity (Wildman–Crippen MR) is 54.0 cm³/mol. The van der Waals surface area contributed by atoms with Gasteiger partial charge in [0.25, 0.3) is 0 Å². The van der Waals surface area contributed by atoms with E-state index in [2.05, 4.69) is 4.74 Å². The molecule has 0 radical (unpaired) electrons. The number of carboxylic acids is 1. The summed E-state index contributed by atoms with van der Waals surface area (Å²) in [6, 6.07) is 0. The number of hydrogen-bond donors (Lipinski definition) is 2. The molecule has 0 aliphatic carbocycles. The number of carboxylic acid groups (broad SMARTS) is 1. The van der Waals surface area contributed by atoms with Gasteiger partial charge in [-0.2, -0.15) is 8.78 Å². The van der Waals surface area contributed by atoms with Crippen molar-refractivity contribution < 1.29 is 28.2 Å². The Balaban J connectivity index is 0. The number of alkyl carbamates (subject to hydrolysis) is 1. The molecule has 0 aliphatic heterocycles. The molecular formula is C8H14F2KNO4. The second kappa shape index (κ2) is 6.85. The third-order valence-corrected chi connectivity index (χ3v) is 1.17. The molecule has 0 atom stereocenters. The number of amides is 1. The van der Waals surface area contributed by atoms with Gasteiger partial charge in [-0.1, -0.05) is 0 Å². The number of rotatable bonds is 3. The summed E-state index contributed by atoms with van der Waals surface area (Å²) >= 11 is 0. The molecule has 0 aromatic rings. The Morgan fingerprint density at radius 3 is 2.06 bits per heavy atom. The molecule has 16 heavy (non-hydrogen) atoms. The monoisotopic (exact) mass is 265 g/mol. The van der Waals surface area contributed by atoms with Crippen LogP contribution < -0.4 is 5.32 Å². The number of alkyl halides is 2. The second-order valence-electron chi connectivity index (χ2n) is 3.87. The van der Waals surface area contributed by atoms with Crippen LogP contribution in [-0.4, -0.2) is 86.6 Å². The number of hydrogen-bond acceptors (Lipinski definition) is 3. The van der Waals surface area contributed by atoms with E-state index in [4.69, 9.17) is 5.11 Å². The predicted octanol–water partition coefficient (Wildman–Crippen LogP) is 0.583. The molecule has 0 aromatic carbocycles. The van der Waals surface area contributed by atoms with Gasteiger partial charge in [-0.05, 0) is 20.8 Å². The van der Waals surface area contributed by atoms with Crippen LogP contribution in [0.25, 0.3) is 0 Å². The zero-order chi connectivity index (χ0) is 12.3. The minimum atomic E-state index is -3.99. The van der Waals surface area contributed by atoms with Crippen molar-refractivity contribution >= 4 is 63.4 Å². The van der Waals surface area contributed by atoms with Crippen LogP contribution in [0, 0.1) is 0 Å². The topological polar surface area (TPSA) is 75.6 Å². The van der Waals surface area contributed by atoms with E-state index in [1.807, 2.05) is 0 Å². The molecule has 0 saturated carbocycles. The van der Waals surface area contributed by atoms with Gasteiger partial charge in [0.1, 0.15) is 5.60 Å². The van der Waals surface area contributed by atoms with Crippen molar-refractivity contribution in [1.29, 1.82) is 0 Å². The maximum atomic E-state index is 12.5. The molecular weight excluding hydrogens is 251 g/mol. The molecule has 0 saturated heterocycles. The van der Waals surface area contributed by atoms with Crippen LogP contribution in [0.5, 0.6) is 0 Å². The molecule has 0 spiro atoms. The standard InChI is InChI=1S/C8H13F2NO4.K.H/c1-7(2,3)15-6(14)11-4-8(9,10)5(12)13;;/h4H2,1-3H3,(H,11,14)(H,12,13);;. The number of ether oxygens (including phenoxy) is 1. The Labute approximate surface area is 134 Å². The summed E-state index contributed by atoms with van der Waals surface area (Å²) in [5.41, 5.74) is -0.817. The van der Waals surface area contributed by atoms with E-state index in [-0.39, 0.29) is 51.4 Å². The van der Waals surface area contributed by atoms with Crippen molar-refractivity contribution in [3.05, 3.63) is 0 Å². The number of nitrogens with one attached hydrogen (secondary N) is 1. The Hall–Kier alpha value is 0.236. The van der Waals surface area contributed by atoms with E-state index >= 15 is 0 Å². The van der Waals surface area contributed by atoms with E-state index < -0.39 is 30.1 Å². The first-order valence-corrected chi connectivity index (χ1v) is 4.13.